The second kappa shape index (κ2) is 18.8. The number of imidazole rings is 1. The van der Waals surface area contributed by atoms with E-state index in [2.05, 4.69) is 41.4 Å². The first-order valence-corrected chi connectivity index (χ1v) is 18.7. The van der Waals surface area contributed by atoms with Crippen LogP contribution in [0.4, 0.5) is 4.79 Å². The molecule has 3 aromatic rings. The van der Waals surface area contributed by atoms with Gasteiger partial charge in [-0.05, 0) is 47.6 Å². The van der Waals surface area contributed by atoms with E-state index in [1.165, 1.54) is 24.5 Å². The van der Waals surface area contributed by atoms with Gasteiger partial charge in [-0.25, -0.2) is 14.5 Å². The molecule has 16 heteroatoms. The minimum absolute atomic E-state index is 0.0540. The lowest BCUT2D eigenvalue weighted by Crippen LogP contribution is -2.59. The van der Waals surface area contributed by atoms with Crippen molar-refractivity contribution in [2.24, 2.45) is 18.7 Å². The predicted molar refractivity (Wildman–Crippen MR) is 189 cm³/mol. The molecule has 4 atom stereocenters. The van der Waals surface area contributed by atoms with Crippen LogP contribution in [0.2, 0.25) is 0 Å². The highest BCUT2D eigenvalue weighted by Crippen LogP contribution is 2.29. The van der Waals surface area contributed by atoms with Crippen LogP contribution in [0.5, 0.6) is 0 Å². The number of tetrazole rings is 1. The number of nitrogens with zero attached hydrogens (tertiary/aromatic N) is 6. The second-order valence-corrected chi connectivity index (χ2v) is 14.5. The third kappa shape index (κ3) is 11.3. The molecule has 7 N–H and O–H groups in total. The van der Waals surface area contributed by atoms with Crippen LogP contribution >= 0.6 is 11.8 Å². The van der Waals surface area contributed by atoms with Crippen LogP contribution < -0.4 is 21.7 Å². The number of carbonyl (C=O) groups is 3. The van der Waals surface area contributed by atoms with Gasteiger partial charge in [-0.3, -0.25) is 9.59 Å². The highest BCUT2D eigenvalue weighted by Gasteiger charge is 2.33. The Morgan fingerprint density at radius 3 is 2.40 bits per heavy atom. The predicted octanol–water partition coefficient (Wildman–Crippen LogP) is 1.70. The van der Waals surface area contributed by atoms with E-state index in [1.807, 2.05) is 30.3 Å². The zero-order valence-corrected chi connectivity index (χ0v) is 29.6. The molecule has 1 aliphatic heterocycles. The topological polar surface area (TPSA) is 209 Å². The Hall–Kier alpha value is -4.02. The number of urea groups is 1. The lowest BCUT2D eigenvalue weighted by molar-refractivity contribution is -0.130. The van der Waals surface area contributed by atoms with Gasteiger partial charge in [-0.2, -0.15) is 0 Å². The van der Waals surface area contributed by atoms with Crippen LogP contribution in [-0.4, -0.2) is 107 Å². The summed E-state index contributed by atoms with van der Waals surface area (Å²) in [5.74, 6) is 0.0447. The van der Waals surface area contributed by atoms with E-state index in [9.17, 15) is 19.5 Å². The summed E-state index contributed by atoms with van der Waals surface area (Å²) in [6.45, 7) is 1.02. The number of aromatic amines is 1. The van der Waals surface area contributed by atoms with Crippen molar-refractivity contribution < 1.29 is 19.5 Å². The number of aliphatic hydroxyl groups excluding tert-OH is 1. The van der Waals surface area contributed by atoms with Gasteiger partial charge in [0, 0.05) is 51.0 Å². The van der Waals surface area contributed by atoms with E-state index < -0.39 is 36.0 Å². The fraction of sp³-hybridized carbons (Fsp3) is 0.618. The number of nitrogens with two attached hydrogens (primary N) is 1. The van der Waals surface area contributed by atoms with Crippen LogP contribution in [0.25, 0.3) is 0 Å². The molecular formula is C34H51N11O4S. The number of amides is 4. The van der Waals surface area contributed by atoms with E-state index >= 15 is 0 Å². The van der Waals surface area contributed by atoms with Crippen LogP contribution in [-0.2, 0) is 29.5 Å². The first-order valence-electron chi connectivity index (χ1n) is 17.7. The normalized spacial score (nSPS) is 18.2. The van der Waals surface area contributed by atoms with Gasteiger partial charge in [0.25, 0.3) is 0 Å². The quantitative estimate of drug-likeness (QED) is 0.119. The summed E-state index contributed by atoms with van der Waals surface area (Å²) >= 11 is 1.44. The molecule has 1 aromatic carbocycles. The Bertz CT molecular complexity index is 1480. The van der Waals surface area contributed by atoms with Crippen molar-refractivity contribution in [2.75, 3.05) is 18.8 Å². The molecule has 50 heavy (non-hydrogen) atoms. The molecule has 1 aliphatic carbocycles. The lowest BCUT2D eigenvalue weighted by atomic mass is 9.83. The molecular weight excluding hydrogens is 659 g/mol. The number of rotatable bonds is 16. The summed E-state index contributed by atoms with van der Waals surface area (Å²) in [6.07, 6.45) is 10.8. The Morgan fingerprint density at radius 1 is 1.00 bits per heavy atom. The second-order valence-electron chi connectivity index (χ2n) is 13.5. The van der Waals surface area contributed by atoms with Gasteiger partial charge in [0.05, 0.1) is 24.2 Å². The molecule has 5 rings (SSSR count). The molecule has 0 radical (unpaired) electrons. The molecule has 0 spiro atoms. The van der Waals surface area contributed by atoms with Crippen molar-refractivity contribution in [3.05, 3.63) is 54.1 Å². The Balaban J connectivity index is 1.30. The summed E-state index contributed by atoms with van der Waals surface area (Å²) in [5.41, 5.74) is 7.51. The van der Waals surface area contributed by atoms with Gasteiger partial charge in [0.1, 0.15) is 12.1 Å². The van der Waals surface area contributed by atoms with E-state index in [1.54, 1.807) is 22.8 Å². The van der Waals surface area contributed by atoms with E-state index in [4.69, 9.17) is 5.73 Å². The smallest absolute Gasteiger partial charge is 0.318 e. The summed E-state index contributed by atoms with van der Waals surface area (Å²) in [6, 6.07) is 6.70. The number of H-pyrrole nitrogens is 1. The number of hydrogen-bond acceptors (Lipinski definition) is 10. The van der Waals surface area contributed by atoms with Gasteiger partial charge < -0.3 is 36.7 Å². The maximum atomic E-state index is 14.1. The van der Waals surface area contributed by atoms with Gasteiger partial charge in [-0.15, -0.1) is 5.10 Å². The molecule has 0 bridgehead atoms. The SMILES string of the molecule is Cn1nnnc1SCC[C@H](O)[C@H](CC1CCCCC1)NC(=O)[C@H](Cc1c[nH]cn1)NC(=O)[C@H](Cc1ccccc1)NC(=O)N1CCC(N)CC1. The van der Waals surface area contributed by atoms with Crippen molar-refractivity contribution in [1.82, 2.24) is 51.0 Å². The molecule has 2 aliphatic rings. The van der Waals surface area contributed by atoms with Gasteiger partial charge in [0.15, 0.2) is 0 Å². The molecule has 4 amide bonds. The summed E-state index contributed by atoms with van der Waals surface area (Å²) in [4.78, 5) is 50.4. The summed E-state index contributed by atoms with van der Waals surface area (Å²) < 4.78 is 1.58. The third-order valence-electron chi connectivity index (χ3n) is 9.65. The average Bonchev–Trinajstić information content (AvgIpc) is 3.80. The third-order valence-corrected chi connectivity index (χ3v) is 10.7. The standard InChI is InChI=1S/C34H51N11O4S/c1-44-34(41-42-43-44)50-17-14-30(46)27(18-23-8-4-2-5-9-23)38-32(48)29(20-26-21-36-22-37-26)39-31(47)28(19-24-10-6-3-7-11-24)40-33(49)45-15-12-25(35)13-16-45/h3,6-7,10-11,21-23,25,27-30,46H,2,4-5,8-9,12-20,35H2,1H3,(H,36,37)(H,38,48)(H,39,47)(H,40,49)/t27-,28-,29-,30-/m0/s1. The van der Waals surface area contributed by atoms with E-state index in [0.29, 0.717) is 61.3 Å². The van der Waals surface area contributed by atoms with Crippen LogP contribution in [0.15, 0.2) is 48.0 Å². The van der Waals surface area contributed by atoms with Crippen LogP contribution in [0.3, 0.4) is 0 Å². The Labute approximate surface area is 297 Å². The molecule has 3 heterocycles. The number of hydrogen-bond donors (Lipinski definition) is 6. The van der Waals surface area contributed by atoms with E-state index in [-0.39, 0.29) is 24.9 Å². The first kappa shape index (κ1) is 37.2. The Morgan fingerprint density at radius 2 is 1.72 bits per heavy atom. The number of benzene rings is 1. The average molecular weight is 710 g/mol. The highest BCUT2D eigenvalue weighted by atomic mass is 32.2. The van der Waals surface area contributed by atoms with Crippen molar-refractivity contribution >= 4 is 29.6 Å². The summed E-state index contributed by atoms with van der Waals surface area (Å²) in [7, 11) is 1.76. The van der Waals surface area contributed by atoms with Crippen molar-refractivity contribution in [3.8, 4) is 0 Å². The molecule has 15 nitrogen and oxygen atoms in total. The minimum atomic E-state index is -1.01. The number of aliphatic hydroxyl groups is 1. The number of nitrogens with one attached hydrogen (secondary N) is 4. The zero-order valence-electron chi connectivity index (χ0n) is 28.7. The number of piperidine rings is 1. The maximum Gasteiger partial charge on any atom is 0.318 e. The lowest BCUT2D eigenvalue weighted by Gasteiger charge is -2.33. The zero-order chi connectivity index (χ0) is 35.3. The number of thioether (sulfide) groups is 1. The largest absolute Gasteiger partial charge is 0.391 e. The van der Waals surface area contributed by atoms with Gasteiger partial charge in [-0.1, -0.05) is 74.2 Å². The van der Waals surface area contributed by atoms with Gasteiger partial charge >= 0.3 is 6.03 Å². The maximum absolute atomic E-state index is 14.1. The molecule has 272 valence electrons. The molecule has 2 aromatic heterocycles. The number of aryl methyl sites for hydroxylation is 1. The summed E-state index contributed by atoms with van der Waals surface area (Å²) in [5, 5.41) is 32.6. The van der Waals surface area contributed by atoms with Crippen molar-refractivity contribution in [1.29, 1.82) is 0 Å². The molecule has 1 saturated carbocycles. The fourth-order valence-electron chi connectivity index (χ4n) is 6.69. The molecule has 1 saturated heterocycles. The number of likely N-dealkylation sites (tertiary alicyclic amines) is 1. The van der Waals surface area contributed by atoms with E-state index in [0.717, 1.165) is 31.2 Å². The van der Waals surface area contributed by atoms with Crippen molar-refractivity contribution in [3.63, 3.8) is 0 Å². The highest BCUT2D eigenvalue weighted by molar-refractivity contribution is 7.99. The Kier molecular flexibility index (Phi) is 14.0. The minimum Gasteiger partial charge on any atom is -0.391 e. The first-order chi connectivity index (χ1) is 24.2. The molecule has 2 fully saturated rings. The fourth-order valence-corrected chi connectivity index (χ4v) is 7.55. The number of aromatic nitrogens is 6. The van der Waals surface area contributed by atoms with Crippen molar-refractivity contribution in [2.45, 2.75) is 106 Å². The van der Waals surface area contributed by atoms with Crippen LogP contribution in [0.1, 0.15) is 69.0 Å². The molecule has 0 unspecified atom stereocenters. The van der Waals surface area contributed by atoms with Crippen LogP contribution in [0, 0.1) is 5.92 Å². The van der Waals surface area contributed by atoms with Gasteiger partial charge in [0.2, 0.25) is 17.0 Å². The number of carbonyl (C=O) groups excluding carboxylic acids is 3. The monoisotopic (exact) mass is 709 g/mol.